The van der Waals surface area contributed by atoms with Gasteiger partial charge < -0.3 is 5.11 Å². The second kappa shape index (κ2) is 6.64. The molecular formula is C19H28ClNO. The molecule has 0 amide bonds. The largest absolute Gasteiger partial charge is 0.511 e. The molecule has 1 aromatic rings. The lowest BCUT2D eigenvalue weighted by Crippen LogP contribution is -2.40. The van der Waals surface area contributed by atoms with Crippen molar-refractivity contribution in [2.75, 3.05) is 6.54 Å². The number of piperidine rings is 1. The van der Waals surface area contributed by atoms with Crippen LogP contribution in [0.1, 0.15) is 56.7 Å². The Balaban J connectivity index is 2.26. The number of likely N-dealkylation sites (tertiary alicyclic amines) is 1. The first kappa shape index (κ1) is 17.4. The number of rotatable bonds is 3. The molecule has 2 rings (SSSR count). The number of aliphatic hydroxyl groups excluding tert-OH is 1. The highest BCUT2D eigenvalue weighted by molar-refractivity contribution is 6.31. The maximum absolute atomic E-state index is 9.84. The monoisotopic (exact) mass is 321 g/mol. The molecule has 0 spiro atoms. The van der Waals surface area contributed by atoms with Crippen LogP contribution < -0.4 is 0 Å². The van der Waals surface area contributed by atoms with E-state index in [-0.39, 0.29) is 17.2 Å². The number of aliphatic hydroxyl groups is 1. The van der Waals surface area contributed by atoms with Crippen LogP contribution in [0.15, 0.2) is 24.5 Å². The molecule has 0 bridgehead atoms. The van der Waals surface area contributed by atoms with Gasteiger partial charge in [-0.15, -0.1) is 0 Å². The van der Waals surface area contributed by atoms with Crippen LogP contribution in [-0.2, 0) is 12.0 Å². The highest BCUT2D eigenvalue weighted by Gasteiger charge is 2.26. The molecule has 1 aromatic carbocycles. The molecule has 1 atom stereocenters. The first-order valence-corrected chi connectivity index (χ1v) is 8.49. The standard InChI is InChI=1S/C19H28ClNO/c1-13-10-16(19(3,4)5)17(20)11-15(13)12-21-9-7-6-8-18(21)14(2)22/h10-11,18,22H,2,6-9,12H2,1,3-5H3/t18-/m0/s1. The molecule has 0 radical (unpaired) electrons. The Morgan fingerprint density at radius 1 is 1.36 bits per heavy atom. The third-order valence-corrected chi connectivity index (χ3v) is 4.92. The topological polar surface area (TPSA) is 23.5 Å². The lowest BCUT2D eigenvalue weighted by Gasteiger charge is -2.35. The molecule has 122 valence electrons. The number of hydrogen-bond acceptors (Lipinski definition) is 2. The maximum Gasteiger partial charge on any atom is 0.102 e. The van der Waals surface area contributed by atoms with E-state index in [9.17, 15) is 5.11 Å². The molecule has 22 heavy (non-hydrogen) atoms. The Hall–Kier alpha value is -0.990. The summed E-state index contributed by atoms with van der Waals surface area (Å²) in [4.78, 5) is 2.32. The molecule has 1 heterocycles. The molecule has 1 aliphatic rings. The van der Waals surface area contributed by atoms with Crippen molar-refractivity contribution in [1.82, 2.24) is 4.90 Å². The highest BCUT2D eigenvalue weighted by Crippen LogP contribution is 2.33. The van der Waals surface area contributed by atoms with Crippen LogP contribution in [0.25, 0.3) is 0 Å². The second-order valence-electron chi connectivity index (χ2n) is 7.48. The molecule has 0 unspecified atom stereocenters. The van der Waals surface area contributed by atoms with Gasteiger partial charge in [0, 0.05) is 11.6 Å². The van der Waals surface area contributed by atoms with Crippen molar-refractivity contribution >= 4 is 11.6 Å². The zero-order valence-corrected chi connectivity index (χ0v) is 15.0. The fourth-order valence-corrected chi connectivity index (χ4v) is 3.71. The quantitative estimate of drug-likeness (QED) is 0.756. The lowest BCUT2D eigenvalue weighted by atomic mass is 9.85. The molecule has 1 N–H and O–H groups in total. The number of hydrogen-bond donors (Lipinski definition) is 1. The van der Waals surface area contributed by atoms with Gasteiger partial charge in [-0.25, -0.2) is 0 Å². The molecule has 3 heteroatoms. The SMILES string of the molecule is C=C(O)[C@@H]1CCCCN1Cc1cc(Cl)c(C(C)(C)C)cc1C. The average Bonchev–Trinajstić information content (AvgIpc) is 2.41. The molecule has 1 saturated heterocycles. The van der Waals surface area contributed by atoms with Gasteiger partial charge in [0.1, 0.15) is 5.76 Å². The van der Waals surface area contributed by atoms with E-state index >= 15 is 0 Å². The fourth-order valence-electron chi connectivity index (χ4n) is 3.24. The van der Waals surface area contributed by atoms with Gasteiger partial charge in [0.05, 0.1) is 6.04 Å². The summed E-state index contributed by atoms with van der Waals surface area (Å²) in [5.74, 6) is 0.287. The molecular weight excluding hydrogens is 294 g/mol. The first-order valence-electron chi connectivity index (χ1n) is 8.11. The average molecular weight is 322 g/mol. The third kappa shape index (κ3) is 3.85. The van der Waals surface area contributed by atoms with Crippen LogP contribution in [0.2, 0.25) is 5.02 Å². The second-order valence-corrected chi connectivity index (χ2v) is 7.89. The Labute approximate surface area is 139 Å². The molecule has 0 aliphatic carbocycles. The molecule has 0 aromatic heterocycles. The maximum atomic E-state index is 9.84. The smallest absolute Gasteiger partial charge is 0.102 e. The van der Waals surface area contributed by atoms with Gasteiger partial charge in [0.25, 0.3) is 0 Å². The normalized spacial score (nSPS) is 20.1. The summed E-state index contributed by atoms with van der Waals surface area (Å²) in [6.07, 6.45) is 3.32. The van der Waals surface area contributed by atoms with Gasteiger partial charge in [0.15, 0.2) is 0 Å². The Kier molecular flexibility index (Phi) is 5.24. The summed E-state index contributed by atoms with van der Waals surface area (Å²) >= 11 is 6.52. The minimum atomic E-state index is 0.0490. The van der Waals surface area contributed by atoms with Crippen molar-refractivity contribution in [3.8, 4) is 0 Å². The Bertz CT molecular complexity index is 559. The van der Waals surface area contributed by atoms with E-state index in [1.165, 1.54) is 23.1 Å². The number of benzene rings is 1. The van der Waals surface area contributed by atoms with E-state index in [2.05, 4.69) is 51.3 Å². The number of nitrogens with zero attached hydrogens (tertiary/aromatic N) is 1. The van der Waals surface area contributed by atoms with Crippen LogP contribution in [0.5, 0.6) is 0 Å². The number of aryl methyl sites for hydroxylation is 1. The van der Waals surface area contributed by atoms with Crippen molar-refractivity contribution in [2.45, 2.75) is 65.0 Å². The minimum Gasteiger partial charge on any atom is -0.511 e. The Morgan fingerprint density at radius 2 is 2.05 bits per heavy atom. The molecule has 1 fully saturated rings. The Morgan fingerprint density at radius 3 is 2.64 bits per heavy atom. The minimum absolute atomic E-state index is 0.0490. The molecule has 2 nitrogen and oxygen atoms in total. The van der Waals surface area contributed by atoms with Crippen LogP contribution in [0, 0.1) is 6.92 Å². The van der Waals surface area contributed by atoms with Gasteiger partial charge in [-0.05, 0) is 54.5 Å². The highest BCUT2D eigenvalue weighted by atomic mass is 35.5. The molecule has 1 aliphatic heterocycles. The van der Waals surface area contributed by atoms with Gasteiger partial charge >= 0.3 is 0 Å². The van der Waals surface area contributed by atoms with E-state index < -0.39 is 0 Å². The number of halogens is 1. The van der Waals surface area contributed by atoms with Crippen molar-refractivity contribution < 1.29 is 5.11 Å². The van der Waals surface area contributed by atoms with E-state index in [4.69, 9.17) is 11.6 Å². The van der Waals surface area contributed by atoms with E-state index in [1.807, 2.05) is 0 Å². The summed E-state index contributed by atoms with van der Waals surface area (Å²) in [6.45, 7) is 14.3. The summed E-state index contributed by atoms with van der Waals surface area (Å²) in [5, 5.41) is 10.7. The van der Waals surface area contributed by atoms with Gasteiger partial charge in [-0.2, -0.15) is 0 Å². The van der Waals surface area contributed by atoms with Crippen molar-refractivity contribution in [3.05, 3.63) is 46.2 Å². The van der Waals surface area contributed by atoms with Crippen molar-refractivity contribution in [3.63, 3.8) is 0 Å². The van der Waals surface area contributed by atoms with E-state index in [0.29, 0.717) is 0 Å². The van der Waals surface area contributed by atoms with Crippen LogP contribution >= 0.6 is 11.6 Å². The van der Waals surface area contributed by atoms with Crippen molar-refractivity contribution in [1.29, 1.82) is 0 Å². The van der Waals surface area contributed by atoms with Gasteiger partial charge in [-0.1, -0.05) is 51.4 Å². The molecule has 0 saturated carbocycles. The first-order chi connectivity index (χ1) is 10.2. The van der Waals surface area contributed by atoms with Crippen LogP contribution in [0.4, 0.5) is 0 Å². The van der Waals surface area contributed by atoms with Gasteiger partial charge in [-0.3, -0.25) is 4.90 Å². The predicted octanol–water partition coefficient (Wildman–Crippen LogP) is 5.37. The summed E-state index contributed by atoms with van der Waals surface area (Å²) in [6, 6.07) is 4.39. The summed E-state index contributed by atoms with van der Waals surface area (Å²) in [7, 11) is 0. The predicted molar refractivity (Wildman–Crippen MR) is 94.7 cm³/mol. The zero-order valence-electron chi connectivity index (χ0n) is 14.2. The van der Waals surface area contributed by atoms with Crippen LogP contribution in [-0.4, -0.2) is 22.6 Å². The zero-order chi connectivity index (χ0) is 16.5. The lowest BCUT2D eigenvalue weighted by molar-refractivity contribution is 0.128. The van der Waals surface area contributed by atoms with E-state index in [0.717, 1.165) is 31.0 Å². The van der Waals surface area contributed by atoms with Crippen LogP contribution in [0.3, 0.4) is 0 Å². The third-order valence-electron chi connectivity index (χ3n) is 4.61. The van der Waals surface area contributed by atoms with E-state index in [1.54, 1.807) is 0 Å². The van der Waals surface area contributed by atoms with Gasteiger partial charge in [0.2, 0.25) is 0 Å². The van der Waals surface area contributed by atoms with Crippen molar-refractivity contribution in [2.24, 2.45) is 0 Å². The fraction of sp³-hybridized carbons (Fsp3) is 0.579. The summed E-state index contributed by atoms with van der Waals surface area (Å²) in [5.41, 5.74) is 3.75. The summed E-state index contributed by atoms with van der Waals surface area (Å²) < 4.78 is 0.